The van der Waals surface area contributed by atoms with Gasteiger partial charge in [-0.05, 0) is 36.3 Å². The summed E-state index contributed by atoms with van der Waals surface area (Å²) in [6.45, 7) is 2.82. The number of aromatic nitrogens is 1. The van der Waals surface area contributed by atoms with Crippen LogP contribution in [0.3, 0.4) is 0 Å². The number of aryl methyl sites for hydroxylation is 1. The van der Waals surface area contributed by atoms with Gasteiger partial charge in [0.05, 0.1) is 6.54 Å². The molecular formula is C27H22ClN3O2. The molecule has 5 rings (SSSR count). The van der Waals surface area contributed by atoms with Crippen LogP contribution in [0.2, 0.25) is 5.02 Å². The van der Waals surface area contributed by atoms with Crippen LogP contribution in [0.5, 0.6) is 0 Å². The van der Waals surface area contributed by atoms with Crippen molar-refractivity contribution in [1.82, 2.24) is 14.8 Å². The van der Waals surface area contributed by atoms with Crippen molar-refractivity contribution in [3.63, 3.8) is 0 Å². The van der Waals surface area contributed by atoms with E-state index in [1.54, 1.807) is 6.08 Å². The van der Waals surface area contributed by atoms with E-state index in [-0.39, 0.29) is 18.1 Å². The third-order valence-corrected chi connectivity index (χ3v) is 6.17. The molecule has 0 aliphatic carbocycles. The average molecular weight is 456 g/mol. The van der Waals surface area contributed by atoms with Gasteiger partial charge >= 0.3 is 6.03 Å². The molecule has 0 atom stereocenters. The second-order valence-corrected chi connectivity index (χ2v) is 8.60. The molecule has 1 N–H and O–H groups in total. The zero-order chi connectivity index (χ0) is 22.9. The Kier molecular flexibility index (Phi) is 5.48. The lowest BCUT2D eigenvalue weighted by molar-refractivity contribution is -0.123. The lowest BCUT2D eigenvalue weighted by Crippen LogP contribution is -2.30. The summed E-state index contributed by atoms with van der Waals surface area (Å²) in [5.74, 6) is -0.329. The highest BCUT2D eigenvalue weighted by molar-refractivity contribution is 6.31. The number of hydrogen-bond acceptors (Lipinski definition) is 2. The quantitative estimate of drug-likeness (QED) is 0.308. The van der Waals surface area contributed by atoms with Crippen LogP contribution in [0.1, 0.15) is 22.3 Å². The number of rotatable bonds is 5. The molecule has 33 heavy (non-hydrogen) atoms. The number of halogens is 1. The highest BCUT2D eigenvalue weighted by Gasteiger charge is 2.33. The normalized spacial score (nSPS) is 15.0. The van der Waals surface area contributed by atoms with E-state index in [1.807, 2.05) is 85.9 Å². The molecule has 1 aromatic heterocycles. The fourth-order valence-electron chi connectivity index (χ4n) is 4.19. The van der Waals surface area contributed by atoms with E-state index in [4.69, 9.17) is 11.6 Å². The van der Waals surface area contributed by atoms with Crippen LogP contribution in [-0.2, 0) is 17.9 Å². The number of imide groups is 1. The molecule has 0 spiro atoms. The molecule has 1 aliphatic heterocycles. The van der Waals surface area contributed by atoms with Gasteiger partial charge in [-0.1, -0.05) is 77.8 Å². The molecule has 3 aromatic carbocycles. The van der Waals surface area contributed by atoms with Crippen molar-refractivity contribution in [2.75, 3.05) is 0 Å². The Bertz CT molecular complexity index is 1420. The van der Waals surface area contributed by atoms with E-state index in [0.29, 0.717) is 11.6 Å². The van der Waals surface area contributed by atoms with Gasteiger partial charge < -0.3 is 9.88 Å². The third kappa shape index (κ3) is 4.15. The standard InChI is InChI=1S/C27H22ClN3O2/c1-18-7-6-8-19(13-18)15-31-26(32)24(29-27(31)33)14-21-17-30(25-12-5-3-10-22(21)25)16-20-9-2-4-11-23(20)28/h2-14,17H,15-16H2,1H3,(H,29,33)/b24-14+. The van der Waals surface area contributed by atoms with Gasteiger partial charge in [0.2, 0.25) is 0 Å². The zero-order valence-electron chi connectivity index (χ0n) is 18.1. The number of urea groups is 1. The first-order valence-electron chi connectivity index (χ1n) is 10.7. The largest absolute Gasteiger partial charge is 0.342 e. The molecule has 1 fully saturated rings. The summed E-state index contributed by atoms with van der Waals surface area (Å²) in [6.07, 6.45) is 3.74. The highest BCUT2D eigenvalue weighted by atomic mass is 35.5. The summed E-state index contributed by atoms with van der Waals surface area (Å²) in [4.78, 5) is 26.8. The van der Waals surface area contributed by atoms with E-state index in [2.05, 4.69) is 9.88 Å². The zero-order valence-corrected chi connectivity index (χ0v) is 18.8. The van der Waals surface area contributed by atoms with Crippen LogP contribution in [0, 0.1) is 6.92 Å². The number of carbonyl (C=O) groups is 2. The van der Waals surface area contributed by atoms with Gasteiger partial charge in [-0.2, -0.15) is 0 Å². The van der Waals surface area contributed by atoms with Crippen molar-refractivity contribution in [2.45, 2.75) is 20.0 Å². The first kappa shape index (κ1) is 21.0. The van der Waals surface area contributed by atoms with Crippen molar-refractivity contribution in [3.8, 4) is 0 Å². The van der Waals surface area contributed by atoms with Gasteiger partial charge in [-0.25, -0.2) is 4.79 Å². The van der Waals surface area contributed by atoms with E-state index in [9.17, 15) is 9.59 Å². The van der Waals surface area contributed by atoms with Crippen LogP contribution >= 0.6 is 11.6 Å². The average Bonchev–Trinajstić information content (AvgIpc) is 3.28. The summed E-state index contributed by atoms with van der Waals surface area (Å²) in [5, 5.41) is 4.44. The molecule has 4 aromatic rings. The van der Waals surface area contributed by atoms with Crippen molar-refractivity contribution >= 4 is 40.5 Å². The summed E-state index contributed by atoms with van der Waals surface area (Å²) in [6, 6.07) is 23.1. The molecule has 6 heteroatoms. The van der Waals surface area contributed by atoms with Crippen molar-refractivity contribution < 1.29 is 9.59 Å². The van der Waals surface area contributed by atoms with Crippen molar-refractivity contribution in [3.05, 3.63) is 112 Å². The van der Waals surface area contributed by atoms with E-state index in [0.717, 1.165) is 33.2 Å². The predicted molar refractivity (Wildman–Crippen MR) is 131 cm³/mol. The maximum Gasteiger partial charge on any atom is 0.329 e. The number of amides is 3. The number of nitrogens with one attached hydrogen (secondary N) is 1. The SMILES string of the molecule is Cc1cccc(CN2C(=O)N/C(=C/c3cn(Cc4ccccc4Cl)c4ccccc34)C2=O)c1. The first-order chi connectivity index (χ1) is 16.0. The highest BCUT2D eigenvalue weighted by Crippen LogP contribution is 2.27. The maximum absolute atomic E-state index is 13.0. The Hall–Kier alpha value is -3.83. The molecular weight excluding hydrogens is 434 g/mol. The molecule has 0 radical (unpaired) electrons. The van der Waals surface area contributed by atoms with Gasteiger partial charge in [-0.3, -0.25) is 9.69 Å². The van der Waals surface area contributed by atoms with E-state index in [1.165, 1.54) is 4.90 Å². The predicted octanol–water partition coefficient (Wildman–Crippen LogP) is 5.74. The van der Waals surface area contributed by atoms with Crippen LogP contribution in [0.15, 0.2) is 84.7 Å². The molecule has 2 heterocycles. The molecule has 1 saturated heterocycles. The van der Waals surface area contributed by atoms with Crippen molar-refractivity contribution in [2.24, 2.45) is 0 Å². The lowest BCUT2D eigenvalue weighted by Gasteiger charge is -2.12. The monoisotopic (exact) mass is 455 g/mol. The minimum atomic E-state index is -0.410. The Morgan fingerprint density at radius 2 is 1.73 bits per heavy atom. The number of carbonyl (C=O) groups excluding carboxylic acids is 2. The van der Waals surface area contributed by atoms with Gasteiger partial charge in [0.25, 0.3) is 5.91 Å². The number of nitrogens with zero attached hydrogens (tertiary/aromatic N) is 2. The molecule has 164 valence electrons. The number of para-hydroxylation sites is 1. The molecule has 3 amide bonds. The summed E-state index contributed by atoms with van der Waals surface area (Å²) in [5.41, 5.74) is 5.16. The second-order valence-electron chi connectivity index (χ2n) is 8.19. The fourth-order valence-corrected chi connectivity index (χ4v) is 4.39. The van der Waals surface area contributed by atoms with Crippen LogP contribution < -0.4 is 5.32 Å². The van der Waals surface area contributed by atoms with Gasteiger partial charge in [0.15, 0.2) is 0 Å². The fraction of sp³-hybridized carbons (Fsp3) is 0.111. The van der Waals surface area contributed by atoms with Crippen LogP contribution in [-0.4, -0.2) is 21.4 Å². The van der Waals surface area contributed by atoms with E-state index >= 15 is 0 Å². The number of hydrogen-bond donors (Lipinski definition) is 1. The minimum Gasteiger partial charge on any atom is -0.342 e. The second kappa shape index (κ2) is 8.60. The van der Waals surface area contributed by atoms with Gasteiger partial charge in [0, 0.05) is 34.2 Å². The third-order valence-electron chi connectivity index (χ3n) is 5.80. The molecule has 0 unspecified atom stereocenters. The topological polar surface area (TPSA) is 54.3 Å². The number of fused-ring (bicyclic) bond motifs is 1. The molecule has 5 nitrogen and oxygen atoms in total. The number of benzene rings is 3. The van der Waals surface area contributed by atoms with E-state index < -0.39 is 6.03 Å². The van der Waals surface area contributed by atoms with Gasteiger partial charge in [0.1, 0.15) is 5.70 Å². The minimum absolute atomic E-state index is 0.234. The summed E-state index contributed by atoms with van der Waals surface area (Å²) in [7, 11) is 0. The lowest BCUT2D eigenvalue weighted by atomic mass is 10.1. The first-order valence-corrected chi connectivity index (χ1v) is 11.1. The summed E-state index contributed by atoms with van der Waals surface area (Å²) < 4.78 is 2.11. The Balaban J connectivity index is 1.47. The molecule has 0 bridgehead atoms. The van der Waals surface area contributed by atoms with Crippen LogP contribution in [0.4, 0.5) is 4.79 Å². The van der Waals surface area contributed by atoms with Gasteiger partial charge in [-0.15, -0.1) is 0 Å². The summed E-state index contributed by atoms with van der Waals surface area (Å²) >= 11 is 6.37. The Labute approximate surface area is 196 Å². The Morgan fingerprint density at radius 1 is 0.939 bits per heavy atom. The maximum atomic E-state index is 13.0. The smallest absolute Gasteiger partial charge is 0.329 e. The molecule has 0 saturated carbocycles. The molecule has 1 aliphatic rings. The van der Waals surface area contributed by atoms with Crippen molar-refractivity contribution in [1.29, 1.82) is 0 Å². The van der Waals surface area contributed by atoms with Crippen LogP contribution in [0.25, 0.3) is 17.0 Å². The Morgan fingerprint density at radius 3 is 2.55 bits per heavy atom.